The van der Waals surface area contributed by atoms with E-state index in [0.717, 1.165) is 0 Å². The van der Waals surface area contributed by atoms with E-state index < -0.39 is 29.7 Å². The van der Waals surface area contributed by atoms with Gasteiger partial charge in [-0.15, -0.1) is 0 Å². The van der Waals surface area contributed by atoms with Gasteiger partial charge in [0, 0.05) is 19.5 Å². The monoisotopic (exact) mass is 322 g/mol. The summed E-state index contributed by atoms with van der Waals surface area (Å²) < 4.78 is 18.9. The molecule has 124 valence electrons. The van der Waals surface area contributed by atoms with Crippen molar-refractivity contribution in [3.05, 3.63) is 30.1 Å². The second kappa shape index (κ2) is 7.21. The fourth-order valence-electron chi connectivity index (χ4n) is 2.41. The van der Waals surface area contributed by atoms with Crippen molar-refractivity contribution in [1.29, 1.82) is 0 Å². The molecule has 23 heavy (non-hydrogen) atoms. The van der Waals surface area contributed by atoms with E-state index in [-0.39, 0.29) is 24.6 Å². The van der Waals surface area contributed by atoms with E-state index in [2.05, 4.69) is 5.32 Å². The van der Waals surface area contributed by atoms with Crippen LogP contribution >= 0.6 is 0 Å². The Kier molecular flexibility index (Phi) is 5.31. The molecule has 1 aliphatic heterocycles. The summed E-state index contributed by atoms with van der Waals surface area (Å²) in [5.41, 5.74) is 0.143. The second-order valence-electron chi connectivity index (χ2n) is 5.33. The van der Waals surface area contributed by atoms with Crippen LogP contribution in [0.15, 0.2) is 24.3 Å². The number of ether oxygens (including phenoxy) is 1. The molecular formula is C16H19FN2O4. The fraction of sp³-hybridized carbons (Fsp3) is 0.438. The molecule has 1 aromatic carbocycles. The summed E-state index contributed by atoms with van der Waals surface area (Å²) in [6.45, 7) is 3.70. The van der Waals surface area contributed by atoms with E-state index in [9.17, 15) is 18.8 Å². The van der Waals surface area contributed by atoms with E-state index in [1.807, 2.05) is 0 Å². The fourth-order valence-corrected chi connectivity index (χ4v) is 2.41. The van der Waals surface area contributed by atoms with Crippen molar-refractivity contribution in [2.24, 2.45) is 5.92 Å². The highest BCUT2D eigenvalue weighted by Crippen LogP contribution is 2.28. The van der Waals surface area contributed by atoms with E-state index in [0.29, 0.717) is 6.54 Å². The van der Waals surface area contributed by atoms with Gasteiger partial charge in [0.1, 0.15) is 5.82 Å². The van der Waals surface area contributed by atoms with Crippen LogP contribution in [0.2, 0.25) is 0 Å². The van der Waals surface area contributed by atoms with Gasteiger partial charge in [-0.2, -0.15) is 0 Å². The first-order valence-corrected chi connectivity index (χ1v) is 7.47. The maximum atomic E-state index is 13.8. The normalized spacial score (nSPS) is 18.7. The number of amides is 2. The van der Waals surface area contributed by atoms with Crippen molar-refractivity contribution < 1.29 is 23.5 Å². The molecule has 0 radical (unpaired) electrons. The first kappa shape index (κ1) is 16.9. The van der Waals surface area contributed by atoms with Gasteiger partial charge in [0.2, 0.25) is 5.91 Å². The number of hydrogen-bond donors (Lipinski definition) is 1. The van der Waals surface area contributed by atoms with Crippen LogP contribution < -0.4 is 10.2 Å². The van der Waals surface area contributed by atoms with E-state index >= 15 is 0 Å². The van der Waals surface area contributed by atoms with Crippen molar-refractivity contribution in [1.82, 2.24) is 5.32 Å². The largest absolute Gasteiger partial charge is 0.452 e. The quantitative estimate of drug-likeness (QED) is 0.828. The van der Waals surface area contributed by atoms with Crippen LogP contribution in [0.25, 0.3) is 0 Å². The van der Waals surface area contributed by atoms with Gasteiger partial charge in [-0.05, 0) is 26.0 Å². The number of carbonyl (C=O) groups excluding carboxylic acids is 3. The number of rotatable bonds is 5. The number of nitrogens with one attached hydrogen (secondary N) is 1. The minimum Gasteiger partial charge on any atom is -0.452 e. The maximum Gasteiger partial charge on any atom is 0.312 e. The Labute approximate surface area is 133 Å². The van der Waals surface area contributed by atoms with Gasteiger partial charge in [-0.25, -0.2) is 4.39 Å². The summed E-state index contributed by atoms with van der Waals surface area (Å²) in [4.78, 5) is 36.9. The first-order valence-electron chi connectivity index (χ1n) is 7.47. The summed E-state index contributed by atoms with van der Waals surface area (Å²) in [7, 11) is 0. The predicted octanol–water partition coefficient (Wildman–Crippen LogP) is 1.25. The number of benzene rings is 1. The maximum absolute atomic E-state index is 13.8. The standard InChI is InChI=1S/C16H19FN2O4/c1-3-18-15(21)10(2)23-16(22)11-8-14(20)19(9-11)13-7-5-4-6-12(13)17/h4-7,10-11H,3,8-9H2,1-2H3,(H,18,21)/t10-,11+/m0/s1. The molecule has 2 amide bonds. The van der Waals surface area contributed by atoms with Gasteiger partial charge in [0.05, 0.1) is 11.6 Å². The average molecular weight is 322 g/mol. The van der Waals surface area contributed by atoms with Crippen molar-refractivity contribution in [3.8, 4) is 0 Å². The Morgan fingerprint density at radius 2 is 2.13 bits per heavy atom. The van der Waals surface area contributed by atoms with Gasteiger partial charge >= 0.3 is 5.97 Å². The van der Waals surface area contributed by atoms with Gasteiger partial charge in [0.25, 0.3) is 5.91 Å². The SMILES string of the molecule is CCNC(=O)[C@H](C)OC(=O)[C@@H]1CC(=O)N(c2ccccc2F)C1. The summed E-state index contributed by atoms with van der Waals surface area (Å²) >= 11 is 0. The zero-order chi connectivity index (χ0) is 17.0. The molecule has 6 nitrogen and oxygen atoms in total. The number of nitrogens with zero attached hydrogens (tertiary/aromatic N) is 1. The van der Waals surface area contributed by atoms with Crippen LogP contribution in [-0.4, -0.2) is 37.0 Å². The molecule has 0 spiro atoms. The molecule has 1 saturated heterocycles. The molecule has 0 unspecified atom stereocenters. The molecular weight excluding hydrogens is 303 g/mol. The molecule has 1 N–H and O–H groups in total. The lowest BCUT2D eigenvalue weighted by atomic mass is 10.1. The number of para-hydroxylation sites is 1. The highest BCUT2D eigenvalue weighted by Gasteiger charge is 2.38. The van der Waals surface area contributed by atoms with Gasteiger partial charge in [-0.3, -0.25) is 14.4 Å². The molecule has 0 aromatic heterocycles. The van der Waals surface area contributed by atoms with Crippen molar-refractivity contribution in [2.75, 3.05) is 18.0 Å². The van der Waals surface area contributed by atoms with Gasteiger partial charge in [0.15, 0.2) is 6.10 Å². The first-order chi connectivity index (χ1) is 10.9. The summed E-state index contributed by atoms with van der Waals surface area (Å²) in [6.07, 6.45) is -0.991. The number of anilines is 1. The molecule has 2 atom stereocenters. The van der Waals surface area contributed by atoms with Crippen molar-refractivity contribution in [2.45, 2.75) is 26.4 Å². The third kappa shape index (κ3) is 3.85. The summed E-state index contributed by atoms with van der Waals surface area (Å²) in [5, 5.41) is 2.55. The topological polar surface area (TPSA) is 75.7 Å². The van der Waals surface area contributed by atoms with E-state index in [1.54, 1.807) is 13.0 Å². The highest BCUT2D eigenvalue weighted by atomic mass is 19.1. The molecule has 1 fully saturated rings. The molecule has 2 rings (SSSR count). The molecule has 1 aromatic rings. The van der Waals surface area contributed by atoms with Crippen molar-refractivity contribution >= 4 is 23.5 Å². The zero-order valence-corrected chi connectivity index (χ0v) is 13.0. The zero-order valence-electron chi connectivity index (χ0n) is 13.0. The Morgan fingerprint density at radius 3 is 2.78 bits per heavy atom. The lowest BCUT2D eigenvalue weighted by molar-refractivity contribution is -0.158. The van der Waals surface area contributed by atoms with Crippen LogP contribution in [0.3, 0.4) is 0 Å². The van der Waals surface area contributed by atoms with E-state index in [4.69, 9.17) is 4.74 Å². The van der Waals surface area contributed by atoms with Crippen LogP contribution in [0.5, 0.6) is 0 Å². The average Bonchev–Trinajstić information content (AvgIpc) is 2.90. The molecule has 0 saturated carbocycles. The summed E-state index contributed by atoms with van der Waals surface area (Å²) in [6, 6.07) is 5.89. The molecule has 0 aliphatic carbocycles. The number of likely N-dealkylation sites (N-methyl/N-ethyl adjacent to an activating group) is 1. The number of halogens is 1. The van der Waals surface area contributed by atoms with Crippen LogP contribution in [0, 0.1) is 11.7 Å². The number of esters is 1. The second-order valence-corrected chi connectivity index (χ2v) is 5.33. The minimum atomic E-state index is -0.930. The van der Waals surface area contributed by atoms with Gasteiger partial charge in [-0.1, -0.05) is 12.1 Å². The highest BCUT2D eigenvalue weighted by molar-refractivity contribution is 5.99. The number of carbonyl (C=O) groups is 3. The number of hydrogen-bond acceptors (Lipinski definition) is 4. The van der Waals surface area contributed by atoms with Crippen LogP contribution in [0.1, 0.15) is 20.3 Å². The predicted molar refractivity (Wildman–Crippen MR) is 81.1 cm³/mol. The van der Waals surface area contributed by atoms with E-state index in [1.165, 1.54) is 30.0 Å². The minimum absolute atomic E-state index is 0.0424. The van der Waals surface area contributed by atoms with Crippen LogP contribution in [0.4, 0.5) is 10.1 Å². The Morgan fingerprint density at radius 1 is 1.43 bits per heavy atom. The molecule has 0 bridgehead atoms. The Balaban J connectivity index is 2.01. The Bertz CT molecular complexity index is 620. The molecule has 7 heteroatoms. The van der Waals surface area contributed by atoms with Crippen molar-refractivity contribution in [3.63, 3.8) is 0 Å². The van der Waals surface area contributed by atoms with Crippen LogP contribution in [-0.2, 0) is 19.1 Å². The third-order valence-corrected chi connectivity index (χ3v) is 3.61. The lowest BCUT2D eigenvalue weighted by Gasteiger charge is -2.18. The molecule has 1 heterocycles. The lowest BCUT2D eigenvalue weighted by Crippen LogP contribution is -2.37. The third-order valence-electron chi connectivity index (χ3n) is 3.61. The van der Waals surface area contributed by atoms with Gasteiger partial charge < -0.3 is 15.0 Å². The molecule has 1 aliphatic rings. The Hall–Kier alpha value is -2.44. The summed E-state index contributed by atoms with van der Waals surface area (Å²) in [5.74, 6) is -2.60. The smallest absolute Gasteiger partial charge is 0.312 e.